The predicted octanol–water partition coefficient (Wildman–Crippen LogP) is 5.83. The number of ether oxygens (including phenoxy) is 2. The minimum atomic E-state index is -0.423. The molecule has 3 aromatic rings. The van der Waals surface area contributed by atoms with Crippen LogP contribution in [-0.4, -0.2) is 77.6 Å². The van der Waals surface area contributed by atoms with Crippen LogP contribution in [0.15, 0.2) is 72.3 Å². The second kappa shape index (κ2) is 15.6. The van der Waals surface area contributed by atoms with Crippen molar-refractivity contribution in [3.8, 4) is 11.5 Å². The van der Waals surface area contributed by atoms with Crippen molar-refractivity contribution in [2.24, 2.45) is 0 Å². The van der Waals surface area contributed by atoms with Crippen molar-refractivity contribution in [2.75, 3.05) is 26.3 Å². The van der Waals surface area contributed by atoms with E-state index in [9.17, 15) is 14.0 Å². The highest BCUT2D eigenvalue weighted by Gasteiger charge is 2.43. The molecule has 47 heavy (non-hydrogen) atoms. The third kappa shape index (κ3) is 8.62. The molecule has 2 fully saturated rings. The van der Waals surface area contributed by atoms with Gasteiger partial charge in [-0.3, -0.25) is 14.4 Å². The number of nitrogens with zero attached hydrogens (tertiary/aromatic N) is 2. The molecule has 0 radical (unpaired) electrons. The minimum Gasteiger partial charge on any atom is -0.490 e. The smallest absolute Gasteiger partial charge is 0.290 e. The van der Waals surface area contributed by atoms with Crippen LogP contribution in [0.1, 0.15) is 37.3 Å². The molecule has 12 heteroatoms. The molecule has 0 spiro atoms. The van der Waals surface area contributed by atoms with Gasteiger partial charge in [0.15, 0.2) is 0 Å². The average Bonchev–Trinajstić information content (AvgIpc) is 3.90. The Morgan fingerprint density at radius 3 is 2.40 bits per heavy atom. The van der Waals surface area contributed by atoms with Gasteiger partial charge in [-0.05, 0) is 66.3 Å². The summed E-state index contributed by atoms with van der Waals surface area (Å²) >= 11 is 12.6. The first-order valence-electron chi connectivity index (χ1n) is 15.4. The fraction of sp³-hybridized carbons (Fsp3) is 0.343. The number of carbonyl (C=O) groups excluding carboxylic acids is 2. The summed E-state index contributed by atoms with van der Waals surface area (Å²) in [6, 6.07) is 19.2. The van der Waals surface area contributed by atoms with Gasteiger partial charge in [-0.1, -0.05) is 53.5 Å². The molecule has 3 aromatic carbocycles. The topological polar surface area (TPSA) is 108 Å². The largest absolute Gasteiger partial charge is 0.490 e. The van der Waals surface area contributed by atoms with E-state index in [1.807, 2.05) is 58.3 Å². The molecule has 2 aliphatic heterocycles. The number of rotatable bonds is 10. The Kier molecular flexibility index (Phi) is 11.4. The van der Waals surface area contributed by atoms with E-state index in [0.717, 1.165) is 29.5 Å². The standard InChI is InChI=1S/C34H34Cl2FN3O4.CH2O2/c1-21(41)39-19-25-17-28(22-6-11-27(12-7-22)43-14-15-44-32-16-24(37)8-13-30(32)36)33(31(20-39)38-25)34(42)40(26-9-10-26)18-23-4-2-3-5-29(23)35;2-1-3/h2-8,11-13,16,25-26,31,38H,9-10,14-15,17-20H2,1H3;1H,(H,2,3)/t25-,31-;/m1./s1. The van der Waals surface area contributed by atoms with Gasteiger partial charge >= 0.3 is 0 Å². The van der Waals surface area contributed by atoms with E-state index in [0.29, 0.717) is 47.4 Å². The summed E-state index contributed by atoms with van der Waals surface area (Å²) < 4.78 is 24.9. The lowest BCUT2D eigenvalue weighted by atomic mass is 9.82. The zero-order valence-corrected chi connectivity index (χ0v) is 27.3. The number of halogens is 3. The van der Waals surface area contributed by atoms with Crippen molar-refractivity contribution in [3.63, 3.8) is 0 Å². The Hall–Kier alpha value is -4.12. The zero-order valence-electron chi connectivity index (χ0n) is 25.8. The number of nitrogens with one attached hydrogen (secondary N) is 1. The van der Waals surface area contributed by atoms with Crippen LogP contribution in [0.3, 0.4) is 0 Å². The summed E-state index contributed by atoms with van der Waals surface area (Å²) in [6.45, 7) is 3.24. The van der Waals surface area contributed by atoms with Crippen LogP contribution in [-0.2, 0) is 20.9 Å². The summed E-state index contributed by atoms with van der Waals surface area (Å²) in [5.74, 6) is 0.484. The van der Waals surface area contributed by atoms with Gasteiger partial charge < -0.3 is 29.7 Å². The lowest BCUT2D eigenvalue weighted by molar-refractivity contribution is -0.132. The molecule has 6 rings (SSSR count). The number of carbonyl (C=O) groups is 3. The highest BCUT2D eigenvalue weighted by atomic mass is 35.5. The van der Waals surface area contributed by atoms with Crippen LogP contribution in [0.5, 0.6) is 11.5 Å². The molecule has 1 saturated heterocycles. The van der Waals surface area contributed by atoms with Crippen molar-refractivity contribution >= 4 is 47.1 Å². The zero-order chi connectivity index (χ0) is 33.5. The number of piperazine rings is 1. The third-order valence-corrected chi connectivity index (χ3v) is 9.01. The maximum atomic E-state index is 14.5. The van der Waals surface area contributed by atoms with Crippen molar-refractivity contribution in [1.82, 2.24) is 15.1 Å². The molecule has 1 aliphatic carbocycles. The van der Waals surface area contributed by atoms with Crippen LogP contribution < -0.4 is 14.8 Å². The van der Waals surface area contributed by atoms with Gasteiger partial charge in [-0.15, -0.1) is 0 Å². The van der Waals surface area contributed by atoms with Gasteiger partial charge in [0.05, 0.1) is 11.1 Å². The Morgan fingerprint density at radius 1 is 1.02 bits per heavy atom. The van der Waals surface area contributed by atoms with Gasteiger partial charge in [0.25, 0.3) is 12.4 Å². The van der Waals surface area contributed by atoms with E-state index < -0.39 is 5.82 Å². The highest BCUT2D eigenvalue weighted by molar-refractivity contribution is 6.32. The third-order valence-electron chi connectivity index (χ3n) is 8.33. The highest BCUT2D eigenvalue weighted by Crippen LogP contribution is 2.38. The lowest BCUT2D eigenvalue weighted by Crippen LogP contribution is -2.61. The molecule has 2 bridgehead atoms. The molecule has 248 valence electrons. The van der Waals surface area contributed by atoms with Crippen molar-refractivity contribution < 1.29 is 33.4 Å². The summed E-state index contributed by atoms with van der Waals surface area (Å²) in [5, 5.41) is 11.5. The summed E-state index contributed by atoms with van der Waals surface area (Å²) in [7, 11) is 0. The van der Waals surface area contributed by atoms with Gasteiger partial charge in [-0.25, -0.2) is 4.39 Å². The Labute approximate surface area is 282 Å². The molecule has 2 amide bonds. The number of hydrogen-bond acceptors (Lipinski definition) is 6. The number of carboxylic acid groups (broad SMARTS) is 1. The fourth-order valence-corrected chi connectivity index (χ4v) is 6.36. The second-order valence-corrected chi connectivity index (χ2v) is 12.4. The van der Waals surface area contributed by atoms with E-state index in [4.69, 9.17) is 42.6 Å². The number of hydrogen-bond donors (Lipinski definition) is 2. The van der Waals surface area contributed by atoms with Gasteiger partial charge in [-0.2, -0.15) is 0 Å². The molecular formula is C35H36Cl2FN3O6. The summed E-state index contributed by atoms with van der Waals surface area (Å²) in [4.78, 5) is 39.0. The van der Waals surface area contributed by atoms with Crippen LogP contribution in [0.2, 0.25) is 10.0 Å². The average molecular weight is 685 g/mol. The van der Waals surface area contributed by atoms with Crippen LogP contribution in [0.25, 0.3) is 5.57 Å². The van der Waals surface area contributed by atoms with E-state index >= 15 is 0 Å². The molecule has 0 aromatic heterocycles. The van der Waals surface area contributed by atoms with Crippen LogP contribution in [0.4, 0.5) is 4.39 Å². The van der Waals surface area contributed by atoms with Gasteiger partial charge in [0.2, 0.25) is 5.91 Å². The van der Waals surface area contributed by atoms with Crippen molar-refractivity contribution in [1.29, 1.82) is 0 Å². The van der Waals surface area contributed by atoms with Crippen molar-refractivity contribution in [3.05, 3.63) is 99.3 Å². The normalized spacial score (nSPS) is 18.5. The summed E-state index contributed by atoms with van der Waals surface area (Å²) in [5.41, 5.74) is 3.56. The molecule has 1 saturated carbocycles. The molecular weight excluding hydrogens is 648 g/mol. The van der Waals surface area contributed by atoms with E-state index in [1.165, 1.54) is 18.2 Å². The Balaban J connectivity index is 0.00000139. The summed E-state index contributed by atoms with van der Waals surface area (Å²) in [6.07, 6.45) is 2.54. The first-order chi connectivity index (χ1) is 22.7. The fourth-order valence-electron chi connectivity index (χ4n) is 5.99. The van der Waals surface area contributed by atoms with E-state index in [1.54, 1.807) is 6.92 Å². The molecule has 2 heterocycles. The van der Waals surface area contributed by atoms with Crippen molar-refractivity contribution in [2.45, 2.75) is 50.9 Å². The first-order valence-corrected chi connectivity index (χ1v) is 16.1. The van der Waals surface area contributed by atoms with Gasteiger partial charge in [0, 0.05) is 55.3 Å². The van der Waals surface area contributed by atoms with Gasteiger partial charge in [0.1, 0.15) is 30.5 Å². The molecule has 2 N–H and O–H groups in total. The Bertz CT molecular complexity index is 1630. The molecule has 0 unspecified atom stereocenters. The molecule has 2 atom stereocenters. The second-order valence-electron chi connectivity index (χ2n) is 11.6. The number of amides is 2. The lowest BCUT2D eigenvalue weighted by Gasteiger charge is -2.44. The quantitative estimate of drug-likeness (QED) is 0.205. The van der Waals surface area contributed by atoms with Crippen LogP contribution in [0, 0.1) is 5.82 Å². The first kappa shape index (κ1) is 34.2. The predicted molar refractivity (Wildman–Crippen MR) is 177 cm³/mol. The number of fused-ring (bicyclic) bond motifs is 2. The monoisotopic (exact) mass is 683 g/mol. The number of benzene rings is 3. The molecule has 9 nitrogen and oxygen atoms in total. The van der Waals surface area contributed by atoms with Crippen LogP contribution >= 0.6 is 23.2 Å². The minimum absolute atomic E-state index is 0.0111. The molecule has 3 aliphatic rings. The Morgan fingerprint density at radius 2 is 1.72 bits per heavy atom. The maximum Gasteiger partial charge on any atom is 0.290 e. The SMILES string of the molecule is CC(=O)N1C[C@H]2CC(c3ccc(OCCOc4cc(F)ccc4Cl)cc3)=C(C(=O)N(Cc3ccccc3Cl)C3CC3)[C@@H](C1)N2.O=CO. The maximum absolute atomic E-state index is 14.5. The van der Waals surface area contributed by atoms with E-state index in [-0.39, 0.29) is 55.4 Å². The van der Waals surface area contributed by atoms with E-state index in [2.05, 4.69) is 5.32 Å².